The lowest BCUT2D eigenvalue weighted by Crippen LogP contribution is -2.42. The highest BCUT2D eigenvalue weighted by molar-refractivity contribution is 6.19. The number of carboxylic acid groups (broad SMARTS) is 1. The fraction of sp³-hybridized carbons (Fsp3) is 0.737. The van der Waals surface area contributed by atoms with Crippen molar-refractivity contribution in [2.24, 2.45) is 0 Å². The third kappa shape index (κ3) is 8.28. The number of amides is 2. The molecule has 0 radical (unpaired) electrons. The molecule has 1 heterocycles. The van der Waals surface area contributed by atoms with E-state index in [1.165, 1.54) is 0 Å². The predicted molar refractivity (Wildman–Crippen MR) is 105 cm³/mol. The van der Waals surface area contributed by atoms with E-state index >= 15 is 0 Å². The Labute approximate surface area is 170 Å². The van der Waals surface area contributed by atoms with Crippen LogP contribution in [0.4, 0.5) is 0 Å². The van der Waals surface area contributed by atoms with E-state index in [0.29, 0.717) is 26.2 Å². The fourth-order valence-corrected chi connectivity index (χ4v) is 3.49. The lowest BCUT2D eigenvalue weighted by molar-refractivity contribution is -0.138. The summed E-state index contributed by atoms with van der Waals surface area (Å²) in [6, 6.07) is -0.0138. The highest BCUT2D eigenvalue weighted by Crippen LogP contribution is 2.18. The molecular weight excluding hydrogens is 380 g/mol. The Balaban J connectivity index is 1.92. The second-order valence-corrected chi connectivity index (χ2v) is 7.34. The van der Waals surface area contributed by atoms with E-state index in [4.69, 9.17) is 9.84 Å². The summed E-state index contributed by atoms with van der Waals surface area (Å²) in [4.78, 5) is 37.8. The van der Waals surface area contributed by atoms with Crippen molar-refractivity contribution in [1.82, 2.24) is 20.9 Å². The van der Waals surface area contributed by atoms with Crippen molar-refractivity contribution in [2.75, 3.05) is 45.9 Å². The van der Waals surface area contributed by atoms with E-state index in [0.717, 1.165) is 51.7 Å². The molecule has 1 aliphatic heterocycles. The summed E-state index contributed by atoms with van der Waals surface area (Å²) in [6.07, 6.45) is 5.52. The molecule has 0 aromatic rings. The molecule has 0 unspecified atom stereocenters. The van der Waals surface area contributed by atoms with Crippen LogP contribution in [0, 0.1) is 0 Å². The summed E-state index contributed by atoms with van der Waals surface area (Å²) in [5, 5.41) is 26.8. The van der Waals surface area contributed by atoms with E-state index in [1.54, 1.807) is 0 Å². The van der Waals surface area contributed by atoms with Crippen LogP contribution >= 0.6 is 0 Å². The summed E-state index contributed by atoms with van der Waals surface area (Å²) < 4.78 is 5.29. The second kappa shape index (κ2) is 12.3. The van der Waals surface area contributed by atoms with Crippen LogP contribution < -0.4 is 16.0 Å². The van der Waals surface area contributed by atoms with Gasteiger partial charge >= 0.3 is 5.97 Å². The maximum absolute atomic E-state index is 12.6. The number of morpholine rings is 1. The number of nitrogens with one attached hydrogen (secondary N) is 3. The molecule has 2 aliphatic rings. The zero-order valence-corrected chi connectivity index (χ0v) is 16.7. The van der Waals surface area contributed by atoms with Gasteiger partial charge in [-0.25, -0.2) is 0 Å². The Morgan fingerprint density at radius 1 is 0.966 bits per heavy atom. The van der Waals surface area contributed by atoms with Crippen LogP contribution in [0.3, 0.4) is 0 Å². The Bertz CT molecular complexity index is 598. The van der Waals surface area contributed by atoms with Gasteiger partial charge in [0.25, 0.3) is 11.8 Å². The van der Waals surface area contributed by atoms with Crippen LogP contribution in [-0.2, 0) is 19.1 Å². The van der Waals surface area contributed by atoms with Gasteiger partial charge < -0.3 is 30.9 Å². The van der Waals surface area contributed by atoms with Crippen molar-refractivity contribution in [3.8, 4) is 0 Å². The van der Waals surface area contributed by atoms with Gasteiger partial charge in [0, 0.05) is 25.7 Å². The van der Waals surface area contributed by atoms with Gasteiger partial charge in [0.2, 0.25) is 5.88 Å². The van der Waals surface area contributed by atoms with Gasteiger partial charge in [-0.15, -0.1) is 0 Å². The van der Waals surface area contributed by atoms with E-state index in [2.05, 4.69) is 20.9 Å². The van der Waals surface area contributed by atoms with Gasteiger partial charge in [0.1, 0.15) is 6.54 Å². The van der Waals surface area contributed by atoms with Crippen LogP contribution in [0.25, 0.3) is 0 Å². The van der Waals surface area contributed by atoms with Crippen molar-refractivity contribution in [3.05, 3.63) is 11.5 Å². The molecule has 2 amide bonds. The third-order valence-electron chi connectivity index (χ3n) is 5.08. The monoisotopic (exact) mass is 412 g/mol. The smallest absolute Gasteiger partial charge is 0.322 e. The Morgan fingerprint density at radius 3 is 2.28 bits per heavy atom. The molecule has 1 saturated carbocycles. The predicted octanol–water partition coefficient (Wildman–Crippen LogP) is -0.282. The third-order valence-corrected chi connectivity index (χ3v) is 5.08. The number of aliphatic carboxylic acids is 1. The molecule has 0 bridgehead atoms. The second-order valence-electron chi connectivity index (χ2n) is 7.34. The average Bonchev–Trinajstić information content (AvgIpc) is 2.71. The molecule has 29 heavy (non-hydrogen) atoms. The van der Waals surface area contributed by atoms with Crippen LogP contribution in [0.5, 0.6) is 0 Å². The number of aliphatic hydroxyl groups is 1. The number of aliphatic hydroxyl groups excluding tert-OH is 1. The lowest BCUT2D eigenvalue weighted by atomic mass is 9.95. The molecule has 10 heteroatoms. The molecule has 10 nitrogen and oxygen atoms in total. The molecule has 164 valence electrons. The molecular formula is C19H32N4O6. The number of rotatable bonds is 10. The van der Waals surface area contributed by atoms with E-state index in [1.807, 2.05) is 0 Å². The average molecular weight is 412 g/mol. The standard InChI is InChI=1S/C19H32N4O6/c24-15(25)13-21-18(27)16(19(28)22-14-5-2-1-3-6-14)17(26)20-7-4-8-23-9-11-29-12-10-23/h14,22,28H,1-13H2,(H,20,26)(H,21,27)(H,24,25)/b19-16-. The summed E-state index contributed by atoms with van der Waals surface area (Å²) >= 11 is 0. The van der Waals surface area contributed by atoms with Gasteiger partial charge in [-0.1, -0.05) is 19.3 Å². The Kier molecular flexibility index (Phi) is 9.72. The molecule has 1 saturated heterocycles. The van der Waals surface area contributed by atoms with Crippen molar-refractivity contribution in [2.45, 2.75) is 44.6 Å². The summed E-state index contributed by atoms with van der Waals surface area (Å²) in [6.45, 7) is 3.59. The fourth-order valence-electron chi connectivity index (χ4n) is 3.49. The first-order chi connectivity index (χ1) is 14.0. The summed E-state index contributed by atoms with van der Waals surface area (Å²) in [5.41, 5.74) is -0.483. The molecule has 2 rings (SSSR count). The number of hydrogen-bond acceptors (Lipinski definition) is 7. The maximum atomic E-state index is 12.6. The van der Waals surface area contributed by atoms with Crippen LogP contribution in [0.2, 0.25) is 0 Å². The minimum absolute atomic E-state index is 0.0138. The first-order valence-corrected chi connectivity index (χ1v) is 10.3. The number of carbonyl (C=O) groups is 3. The Morgan fingerprint density at radius 2 is 1.62 bits per heavy atom. The van der Waals surface area contributed by atoms with E-state index < -0.39 is 35.8 Å². The minimum Gasteiger partial charge on any atom is -0.494 e. The topological polar surface area (TPSA) is 140 Å². The molecule has 0 atom stereocenters. The van der Waals surface area contributed by atoms with Crippen LogP contribution in [0.1, 0.15) is 38.5 Å². The normalized spacial score (nSPS) is 19.2. The van der Waals surface area contributed by atoms with Crippen molar-refractivity contribution in [1.29, 1.82) is 0 Å². The zero-order valence-electron chi connectivity index (χ0n) is 16.7. The number of hydrogen-bond donors (Lipinski definition) is 5. The molecule has 5 N–H and O–H groups in total. The largest absolute Gasteiger partial charge is 0.494 e. The zero-order chi connectivity index (χ0) is 21.1. The van der Waals surface area contributed by atoms with E-state index in [-0.39, 0.29) is 6.04 Å². The molecule has 1 aliphatic carbocycles. The van der Waals surface area contributed by atoms with Crippen LogP contribution in [-0.4, -0.2) is 84.9 Å². The number of nitrogens with zero attached hydrogens (tertiary/aromatic N) is 1. The lowest BCUT2D eigenvalue weighted by Gasteiger charge is -2.26. The van der Waals surface area contributed by atoms with Crippen LogP contribution in [0.15, 0.2) is 11.5 Å². The Hall–Kier alpha value is -2.33. The first-order valence-electron chi connectivity index (χ1n) is 10.3. The van der Waals surface area contributed by atoms with Crippen molar-refractivity contribution >= 4 is 17.8 Å². The molecule has 0 aromatic carbocycles. The van der Waals surface area contributed by atoms with Gasteiger partial charge in [0.05, 0.1) is 13.2 Å². The summed E-state index contributed by atoms with van der Waals surface area (Å²) in [5.74, 6) is -3.39. The first kappa shape index (κ1) is 23.0. The van der Waals surface area contributed by atoms with Gasteiger partial charge in [-0.2, -0.15) is 0 Å². The highest BCUT2D eigenvalue weighted by Gasteiger charge is 2.26. The van der Waals surface area contributed by atoms with E-state index in [9.17, 15) is 19.5 Å². The van der Waals surface area contributed by atoms with Crippen molar-refractivity contribution < 1.29 is 29.3 Å². The molecule has 0 aromatic heterocycles. The number of carboxylic acids is 1. The summed E-state index contributed by atoms with van der Waals surface area (Å²) in [7, 11) is 0. The molecule has 0 spiro atoms. The number of ether oxygens (including phenoxy) is 1. The minimum atomic E-state index is -1.23. The van der Waals surface area contributed by atoms with Gasteiger partial charge in [-0.05, 0) is 25.8 Å². The van der Waals surface area contributed by atoms with Gasteiger partial charge in [-0.3, -0.25) is 19.3 Å². The van der Waals surface area contributed by atoms with Crippen molar-refractivity contribution in [3.63, 3.8) is 0 Å². The quantitative estimate of drug-likeness (QED) is 0.108. The maximum Gasteiger partial charge on any atom is 0.322 e. The highest BCUT2D eigenvalue weighted by atomic mass is 16.5. The number of carbonyl (C=O) groups excluding carboxylic acids is 2. The SMILES string of the molecule is O=C(O)CNC(=O)/C(C(=O)NCCCN1CCOCC1)=C(\O)NC1CCCCC1. The molecule has 2 fully saturated rings. The van der Waals surface area contributed by atoms with Gasteiger partial charge in [0.15, 0.2) is 5.57 Å².